The second-order valence-corrected chi connectivity index (χ2v) is 12.9. The van der Waals surface area contributed by atoms with Crippen molar-refractivity contribution in [3.63, 3.8) is 0 Å². The summed E-state index contributed by atoms with van der Waals surface area (Å²) in [7, 11) is 0. The molecule has 0 spiro atoms. The van der Waals surface area contributed by atoms with Crippen molar-refractivity contribution in [2.24, 2.45) is 5.92 Å². The van der Waals surface area contributed by atoms with Crippen LogP contribution in [-0.4, -0.2) is 32.5 Å². The zero-order valence-electron chi connectivity index (χ0n) is 22.2. The first-order chi connectivity index (χ1) is 20.6. The van der Waals surface area contributed by atoms with Crippen molar-refractivity contribution in [3.8, 4) is 0 Å². The number of hydrogen-bond acceptors (Lipinski definition) is 8. The minimum absolute atomic E-state index is 0.185. The number of halogens is 2. The predicted molar refractivity (Wildman–Crippen MR) is 165 cm³/mol. The minimum atomic E-state index is -0.963. The quantitative estimate of drug-likeness (QED) is 0.156. The number of imide groups is 1. The van der Waals surface area contributed by atoms with Crippen molar-refractivity contribution >= 4 is 81.1 Å². The molecule has 1 N–H and O–H groups in total. The number of amides is 3. The van der Waals surface area contributed by atoms with Crippen molar-refractivity contribution in [2.45, 2.75) is 29.7 Å². The molecule has 218 valence electrons. The molecule has 0 unspecified atom stereocenters. The van der Waals surface area contributed by atoms with Gasteiger partial charge in [-0.05, 0) is 42.3 Å². The maximum atomic E-state index is 14.0. The van der Waals surface area contributed by atoms with E-state index in [1.807, 2.05) is 19.1 Å². The Morgan fingerprint density at radius 3 is 2.42 bits per heavy atom. The SMILES string of the molecule is Cc1ccccc1NC(=O)Cn1c2c(sc1=O)[C@@H](c1cccc(Cl)c1Cl)[C@@H]1C(=O)N(c3ccc([N+](=O)[O-])cc3)C(=O)[C@@H]1S2. The van der Waals surface area contributed by atoms with Gasteiger partial charge in [0.05, 0.1) is 31.6 Å². The van der Waals surface area contributed by atoms with Crippen LogP contribution in [0.15, 0.2) is 76.6 Å². The van der Waals surface area contributed by atoms with Gasteiger partial charge in [-0.3, -0.25) is 33.9 Å². The smallest absolute Gasteiger partial charge is 0.308 e. The van der Waals surface area contributed by atoms with Gasteiger partial charge in [0, 0.05) is 28.6 Å². The third-order valence-electron chi connectivity index (χ3n) is 7.41. The highest BCUT2D eigenvalue weighted by molar-refractivity contribution is 8.00. The lowest BCUT2D eigenvalue weighted by Gasteiger charge is -2.31. The number of carbonyl (C=O) groups is 3. The highest BCUT2D eigenvalue weighted by Crippen LogP contribution is 2.55. The fourth-order valence-corrected chi connectivity index (χ4v) is 8.56. The fraction of sp³-hybridized carbons (Fsp3) is 0.172. The number of para-hydroxylation sites is 1. The fourth-order valence-electron chi connectivity index (χ4n) is 5.38. The molecule has 10 nitrogen and oxygen atoms in total. The summed E-state index contributed by atoms with van der Waals surface area (Å²) in [4.78, 5) is 66.0. The molecular formula is C29H20Cl2N4O6S2. The molecule has 1 fully saturated rings. The predicted octanol–water partition coefficient (Wildman–Crippen LogP) is 5.87. The van der Waals surface area contributed by atoms with E-state index in [1.165, 1.54) is 28.8 Å². The van der Waals surface area contributed by atoms with Gasteiger partial charge in [0.2, 0.25) is 17.7 Å². The lowest BCUT2D eigenvalue weighted by Crippen LogP contribution is -2.33. The summed E-state index contributed by atoms with van der Waals surface area (Å²) in [5.41, 5.74) is 1.93. The van der Waals surface area contributed by atoms with E-state index in [0.29, 0.717) is 21.2 Å². The molecule has 0 radical (unpaired) electrons. The largest absolute Gasteiger partial charge is 0.324 e. The van der Waals surface area contributed by atoms with Gasteiger partial charge in [-0.15, -0.1) is 0 Å². The van der Waals surface area contributed by atoms with Crippen molar-refractivity contribution in [1.29, 1.82) is 0 Å². The van der Waals surface area contributed by atoms with Crippen LogP contribution in [0.2, 0.25) is 10.0 Å². The van der Waals surface area contributed by atoms with Gasteiger partial charge in [-0.25, -0.2) is 4.90 Å². The maximum Gasteiger partial charge on any atom is 0.308 e. The molecule has 0 bridgehead atoms. The number of thioether (sulfide) groups is 1. The van der Waals surface area contributed by atoms with Crippen molar-refractivity contribution in [3.05, 3.63) is 113 Å². The standard InChI is InChI=1S/C29H20Cl2N4O6S2/c1-14-5-2-3-8-19(14)32-20(36)13-33-28-25(43-29(33)39)21(17-6-4-7-18(30)23(17)31)22-24(42-28)27(38)34(26(22)37)15-9-11-16(12-10-15)35(40)41/h2-12,21-22,24H,13H2,1H3,(H,32,36)/t21-,22-,24+/m0/s1. The Morgan fingerprint density at radius 1 is 1.00 bits per heavy atom. The van der Waals surface area contributed by atoms with E-state index in [1.54, 1.807) is 30.3 Å². The molecule has 3 atom stereocenters. The van der Waals surface area contributed by atoms with E-state index >= 15 is 0 Å². The highest BCUT2D eigenvalue weighted by Gasteiger charge is 2.57. The van der Waals surface area contributed by atoms with E-state index in [4.69, 9.17) is 23.2 Å². The molecule has 0 saturated carbocycles. The molecule has 2 aliphatic heterocycles. The van der Waals surface area contributed by atoms with Gasteiger partial charge in [-0.2, -0.15) is 0 Å². The Kier molecular flexibility index (Phi) is 7.63. The molecule has 0 aliphatic carbocycles. The van der Waals surface area contributed by atoms with Crippen LogP contribution in [0.25, 0.3) is 0 Å². The van der Waals surface area contributed by atoms with Gasteiger partial charge in [0.1, 0.15) is 11.8 Å². The van der Waals surface area contributed by atoms with Crippen LogP contribution < -0.4 is 15.1 Å². The van der Waals surface area contributed by atoms with E-state index in [2.05, 4.69) is 5.32 Å². The topological polar surface area (TPSA) is 132 Å². The molecule has 3 heterocycles. The van der Waals surface area contributed by atoms with Crippen LogP contribution >= 0.6 is 46.3 Å². The van der Waals surface area contributed by atoms with E-state index in [-0.39, 0.29) is 28.0 Å². The van der Waals surface area contributed by atoms with Crippen molar-refractivity contribution < 1.29 is 19.3 Å². The molecule has 4 aromatic rings. The van der Waals surface area contributed by atoms with E-state index in [9.17, 15) is 29.3 Å². The zero-order chi connectivity index (χ0) is 30.6. The molecule has 43 heavy (non-hydrogen) atoms. The molecule has 1 saturated heterocycles. The van der Waals surface area contributed by atoms with Gasteiger partial charge >= 0.3 is 4.87 Å². The summed E-state index contributed by atoms with van der Waals surface area (Å²) >= 11 is 14.9. The van der Waals surface area contributed by atoms with Crippen LogP contribution in [0.3, 0.4) is 0 Å². The Labute approximate surface area is 262 Å². The number of nitrogens with one attached hydrogen (secondary N) is 1. The third kappa shape index (κ3) is 5.03. The summed E-state index contributed by atoms with van der Waals surface area (Å²) in [5.74, 6) is -3.28. The maximum absolute atomic E-state index is 14.0. The summed E-state index contributed by atoms with van der Waals surface area (Å²) < 4.78 is 1.31. The number of nitro groups is 1. The third-order valence-corrected chi connectivity index (χ3v) is 10.8. The lowest BCUT2D eigenvalue weighted by atomic mass is 9.83. The average Bonchev–Trinajstić information content (AvgIpc) is 3.42. The number of aryl methyl sites for hydroxylation is 1. The van der Waals surface area contributed by atoms with E-state index in [0.717, 1.165) is 33.6 Å². The molecule has 1 aromatic heterocycles. The average molecular weight is 656 g/mol. The second-order valence-electron chi connectivity index (χ2n) is 9.96. The van der Waals surface area contributed by atoms with Gasteiger partial charge in [-0.1, -0.05) is 76.6 Å². The number of carbonyl (C=O) groups excluding carboxylic acids is 3. The Balaban J connectivity index is 1.43. The molecule has 14 heteroatoms. The first-order valence-electron chi connectivity index (χ1n) is 12.9. The Morgan fingerprint density at radius 2 is 1.72 bits per heavy atom. The highest BCUT2D eigenvalue weighted by atomic mass is 35.5. The summed E-state index contributed by atoms with van der Waals surface area (Å²) in [6.07, 6.45) is 0. The number of nitrogens with zero attached hydrogens (tertiary/aromatic N) is 3. The Bertz CT molecular complexity index is 1890. The number of nitro benzene ring substituents is 1. The second kappa shape index (κ2) is 11.3. The van der Waals surface area contributed by atoms with Crippen LogP contribution in [0.1, 0.15) is 21.9 Å². The molecule has 3 aromatic carbocycles. The Hall–Kier alpha value is -3.97. The molecule has 6 rings (SSSR count). The van der Waals surface area contributed by atoms with Crippen LogP contribution in [0.4, 0.5) is 17.1 Å². The lowest BCUT2D eigenvalue weighted by molar-refractivity contribution is -0.384. The zero-order valence-corrected chi connectivity index (χ0v) is 25.3. The molecule has 3 amide bonds. The first kappa shape index (κ1) is 29.1. The number of benzene rings is 3. The number of hydrogen-bond donors (Lipinski definition) is 1. The van der Waals surface area contributed by atoms with Gasteiger partial charge < -0.3 is 5.32 Å². The number of anilines is 2. The summed E-state index contributed by atoms with van der Waals surface area (Å²) in [6, 6.07) is 17.3. The van der Waals surface area contributed by atoms with E-state index < -0.39 is 44.6 Å². The normalized spacial score (nSPS) is 19.2. The van der Waals surface area contributed by atoms with Gasteiger partial charge in [0.15, 0.2) is 0 Å². The number of rotatable bonds is 6. The first-order valence-corrected chi connectivity index (χ1v) is 15.3. The minimum Gasteiger partial charge on any atom is -0.324 e. The van der Waals surface area contributed by atoms with Crippen LogP contribution in [0.5, 0.6) is 0 Å². The molecular weight excluding hydrogens is 635 g/mol. The number of fused-ring (bicyclic) bond motifs is 2. The van der Waals surface area contributed by atoms with Crippen LogP contribution in [0, 0.1) is 23.0 Å². The van der Waals surface area contributed by atoms with Crippen molar-refractivity contribution in [2.75, 3.05) is 10.2 Å². The number of aromatic nitrogens is 1. The number of non-ortho nitro benzene ring substituents is 1. The number of thiazole rings is 1. The molecule has 2 aliphatic rings. The monoisotopic (exact) mass is 654 g/mol. The summed E-state index contributed by atoms with van der Waals surface area (Å²) in [5, 5.41) is 13.8. The van der Waals surface area contributed by atoms with Crippen LogP contribution in [-0.2, 0) is 20.9 Å². The van der Waals surface area contributed by atoms with Crippen molar-refractivity contribution in [1.82, 2.24) is 4.57 Å². The van der Waals surface area contributed by atoms with Gasteiger partial charge in [0.25, 0.3) is 5.69 Å². The summed E-state index contributed by atoms with van der Waals surface area (Å²) in [6.45, 7) is 1.54.